The second-order valence-electron chi connectivity index (χ2n) is 8.03. The molecule has 2 unspecified atom stereocenters. The maximum atomic E-state index is 13.6. The van der Waals surface area contributed by atoms with Gasteiger partial charge < -0.3 is 19.5 Å². The number of carbonyl (C=O) groups is 2. The number of methoxy groups -OCH3 is 3. The standard InChI is InChI=1S/C26H27NO5/c1-15-23(26(29)32-4)24(16-8-7-9-18(12-16)30-2)25-20(27-15)13-17(14-21(25)28)19-10-5-6-11-22(19)31-3/h5-12,17,24,27H,13-14H2,1-4H3. The Labute approximate surface area is 187 Å². The van der Waals surface area contributed by atoms with Gasteiger partial charge in [-0.2, -0.15) is 0 Å². The summed E-state index contributed by atoms with van der Waals surface area (Å²) in [7, 11) is 4.59. The monoisotopic (exact) mass is 433 g/mol. The molecule has 0 radical (unpaired) electrons. The van der Waals surface area contributed by atoms with Gasteiger partial charge >= 0.3 is 5.97 Å². The number of nitrogens with one attached hydrogen (secondary N) is 1. The second kappa shape index (κ2) is 8.91. The lowest BCUT2D eigenvalue weighted by molar-refractivity contribution is -0.136. The summed E-state index contributed by atoms with van der Waals surface area (Å²) >= 11 is 0. The molecule has 0 bridgehead atoms. The average molecular weight is 434 g/mol. The van der Waals surface area contributed by atoms with Crippen molar-refractivity contribution in [3.8, 4) is 11.5 Å². The molecule has 2 aromatic carbocycles. The summed E-state index contributed by atoms with van der Waals surface area (Å²) in [4.78, 5) is 26.3. The molecule has 0 fully saturated rings. The quantitative estimate of drug-likeness (QED) is 0.711. The van der Waals surface area contributed by atoms with Crippen LogP contribution in [0.1, 0.15) is 42.7 Å². The molecule has 0 aromatic heterocycles. The molecular weight excluding hydrogens is 406 g/mol. The molecule has 2 aromatic rings. The van der Waals surface area contributed by atoms with E-state index in [2.05, 4.69) is 5.32 Å². The van der Waals surface area contributed by atoms with Crippen LogP contribution in [0, 0.1) is 0 Å². The Morgan fingerprint density at radius 1 is 1.00 bits per heavy atom. The van der Waals surface area contributed by atoms with Gasteiger partial charge in [-0.1, -0.05) is 30.3 Å². The number of para-hydroxylation sites is 1. The summed E-state index contributed by atoms with van der Waals surface area (Å²) in [5, 5.41) is 3.35. The van der Waals surface area contributed by atoms with Crippen molar-refractivity contribution in [2.45, 2.75) is 31.6 Å². The number of hydrogen-bond donors (Lipinski definition) is 1. The zero-order valence-corrected chi connectivity index (χ0v) is 18.7. The first-order valence-corrected chi connectivity index (χ1v) is 10.6. The maximum Gasteiger partial charge on any atom is 0.336 e. The first-order chi connectivity index (χ1) is 15.5. The van der Waals surface area contributed by atoms with Crippen molar-refractivity contribution in [3.63, 3.8) is 0 Å². The third kappa shape index (κ3) is 3.77. The highest BCUT2D eigenvalue weighted by Crippen LogP contribution is 2.47. The van der Waals surface area contributed by atoms with Crippen molar-refractivity contribution in [1.29, 1.82) is 0 Å². The van der Waals surface area contributed by atoms with Crippen LogP contribution in [0.4, 0.5) is 0 Å². The number of rotatable bonds is 5. The summed E-state index contributed by atoms with van der Waals surface area (Å²) in [6.07, 6.45) is 0.989. The molecule has 166 valence electrons. The minimum Gasteiger partial charge on any atom is -0.497 e. The van der Waals surface area contributed by atoms with Crippen molar-refractivity contribution < 1.29 is 23.8 Å². The van der Waals surface area contributed by atoms with Crippen LogP contribution in [0.15, 0.2) is 71.1 Å². The maximum absolute atomic E-state index is 13.6. The molecule has 0 saturated heterocycles. The molecule has 0 amide bonds. The van der Waals surface area contributed by atoms with Crippen molar-refractivity contribution in [2.24, 2.45) is 0 Å². The zero-order valence-electron chi connectivity index (χ0n) is 18.7. The van der Waals surface area contributed by atoms with E-state index >= 15 is 0 Å². The normalized spacial score (nSPS) is 20.4. The van der Waals surface area contributed by atoms with E-state index in [9.17, 15) is 9.59 Å². The molecule has 0 spiro atoms. The van der Waals surface area contributed by atoms with Crippen molar-refractivity contribution in [2.75, 3.05) is 21.3 Å². The van der Waals surface area contributed by atoms with E-state index in [1.54, 1.807) is 14.2 Å². The van der Waals surface area contributed by atoms with E-state index in [0.29, 0.717) is 35.4 Å². The van der Waals surface area contributed by atoms with Gasteiger partial charge in [-0.15, -0.1) is 0 Å². The zero-order chi connectivity index (χ0) is 22.8. The van der Waals surface area contributed by atoms with E-state index in [-0.39, 0.29) is 11.7 Å². The van der Waals surface area contributed by atoms with E-state index in [1.165, 1.54) is 7.11 Å². The highest BCUT2D eigenvalue weighted by Gasteiger charge is 2.41. The molecule has 1 aliphatic carbocycles. The van der Waals surface area contributed by atoms with Crippen molar-refractivity contribution in [1.82, 2.24) is 5.32 Å². The first-order valence-electron chi connectivity index (χ1n) is 10.6. The lowest BCUT2D eigenvalue weighted by Crippen LogP contribution is -2.36. The molecule has 1 heterocycles. The van der Waals surface area contributed by atoms with E-state index in [1.807, 2.05) is 55.5 Å². The summed E-state index contributed by atoms with van der Waals surface area (Å²) in [5.74, 6) is 0.478. The highest BCUT2D eigenvalue weighted by molar-refractivity contribution is 6.04. The van der Waals surface area contributed by atoms with Gasteiger partial charge in [-0.3, -0.25) is 4.79 Å². The third-order valence-corrected chi connectivity index (χ3v) is 6.24. The number of ketones is 1. The van der Waals surface area contributed by atoms with Gasteiger partial charge in [0.15, 0.2) is 5.78 Å². The molecular formula is C26H27NO5. The molecule has 2 aliphatic rings. The number of allylic oxidation sites excluding steroid dienone is 3. The Morgan fingerprint density at radius 3 is 2.50 bits per heavy atom. The Kier molecular flexibility index (Phi) is 6.04. The fourth-order valence-electron chi connectivity index (χ4n) is 4.80. The van der Waals surface area contributed by atoms with Crippen molar-refractivity contribution >= 4 is 11.8 Å². The average Bonchev–Trinajstić information content (AvgIpc) is 2.82. The smallest absolute Gasteiger partial charge is 0.336 e. The molecule has 2 atom stereocenters. The van der Waals surface area contributed by atoms with Gasteiger partial charge in [0, 0.05) is 35.2 Å². The Morgan fingerprint density at radius 2 is 1.78 bits per heavy atom. The summed E-state index contributed by atoms with van der Waals surface area (Å²) in [6, 6.07) is 15.3. The lowest BCUT2D eigenvalue weighted by atomic mass is 9.71. The topological polar surface area (TPSA) is 73.9 Å². The number of carbonyl (C=O) groups excluding carboxylic acids is 2. The SMILES string of the molecule is COC(=O)C1=C(C)NC2=C(C(=O)CC(c3ccccc3OC)C2)C1c1cccc(OC)c1. The van der Waals surface area contributed by atoms with Crippen LogP contribution in [-0.2, 0) is 14.3 Å². The van der Waals surface area contributed by atoms with Gasteiger partial charge in [0.1, 0.15) is 11.5 Å². The molecule has 4 rings (SSSR count). The van der Waals surface area contributed by atoms with Crippen molar-refractivity contribution in [3.05, 3.63) is 82.2 Å². The number of hydrogen-bond acceptors (Lipinski definition) is 6. The first kappa shape index (κ1) is 21.7. The number of dihydropyridines is 1. The van der Waals surface area contributed by atoms with Crippen LogP contribution >= 0.6 is 0 Å². The van der Waals surface area contributed by atoms with Crippen LogP contribution in [-0.4, -0.2) is 33.1 Å². The lowest BCUT2D eigenvalue weighted by Gasteiger charge is -2.36. The second-order valence-corrected chi connectivity index (χ2v) is 8.03. The fraction of sp³-hybridized carbons (Fsp3) is 0.308. The minimum atomic E-state index is -0.514. The molecule has 1 N–H and O–H groups in total. The molecule has 6 nitrogen and oxygen atoms in total. The van der Waals surface area contributed by atoms with E-state index < -0.39 is 11.9 Å². The largest absolute Gasteiger partial charge is 0.497 e. The highest BCUT2D eigenvalue weighted by atomic mass is 16.5. The third-order valence-electron chi connectivity index (χ3n) is 6.24. The molecule has 6 heteroatoms. The van der Waals surface area contributed by atoms with Gasteiger partial charge in [0.25, 0.3) is 0 Å². The van der Waals surface area contributed by atoms with E-state index in [4.69, 9.17) is 14.2 Å². The Hall–Kier alpha value is -3.54. The van der Waals surface area contributed by atoms with Crippen LogP contribution in [0.3, 0.4) is 0 Å². The van der Waals surface area contributed by atoms with Crippen LogP contribution < -0.4 is 14.8 Å². The number of Topliss-reactive ketones (excluding diaryl/α,β-unsaturated/α-hetero) is 1. The summed E-state index contributed by atoms with van der Waals surface area (Å²) in [5.41, 5.74) is 4.43. The molecule has 0 saturated carbocycles. The number of esters is 1. The van der Waals surface area contributed by atoms with Gasteiger partial charge in [-0.25, -0.2) is 4.79 Å². The summed E-state index contributed by atoms with van der Waals surface area (Å²) in [6.45, 7) is 1.85. The minimum absolute atomic E-state index is 0.0105. The molecule has 32 heavy (non-hydrogen) atoms. The van der Waals surface area contributed by atoms with Crippen LogP contribution in [0.2, 0.25) is 0 Å². The molecule has 1 aliphatic heterocycles. The van der Waals surface area contributed by atoms with Gasteiger partial charge in [0.2, 0.25) is 0 Å². The number of benzene rings is 2. The van der Waals surface area contributed by atoms with Gasteiger partial charge in [0.05, 0.1) is 26.9 Å². The Bertz CT molecular complexity index is 1130. The van der Waals surface area contributed by atoms with Crippen LogP contribution in [0.25, 0.3) is 0 Å². The summed E-state index contributed by atoms with van der Waals surface area (Å²) < 4.78 is 16.0. The Balaban J connectivity index is 1.82. The number of ether oxygens (including phenoxy) is 3. The predicted octanol–water partition coefficient (Wildman–Crippen LogP) is 4.24. The van der Waals surface area contributed by atoms with Gasteiger partial charge in [-0.05, 0) is 42.7 Å². The van der Waals surface area contributed by atoms with Crippen LogP contribution in [0.5, 0.6) is 11.5 Å². The predicted molar refractivity (Wildman–Crippen MR) is 121 cm³/mol. The fourth-order valence-corrected chi connectivity index (χ4v) is 4.80. The van der Waals surface area contributed by atoms with E-state index in [0.717, 1.165) is 22.6 Å².